The van der Waals surface area contributed by atoms with Crippen LogP contribution < -0.4 is 0 Å². The highest BCUT2D eigenvalue weighted by molar-refractivity contribution is 9.10. The summed E-state index contributed by atoms with van der Waals surface area (Å²) in [5.74, 6) is 0.194. The summed E-state index contributed by atoms with van der Waals surface area (Å²) in [6, 6.07) is 12.7. The summed E-state index contributed by atoms with van der Waals surface area (Å²) in [5.41, 5.74) is 3.85. The van der Waals surface area contributed by atoms with Crippen LogP contribution in [-0.4, -0.2) is 29.6 Å². The molecule has 0 saturated carbocycles. The van der Waals surface area contributed by atoms with E-state index < -0.39 is 0 Å². The first-order valence-electron chi connectivity index (χ1n) is 8.98. The first-order valence-corrected chi connectivity index (χ1v) is 10.2. The van der Waals surface area contributed by atoms with E-state index in [9.17, 15) is 5.11 Å². The molecule has 1 heterocycles. The molecule has 1 aliphatic rings. The van der Waals surface area contributed by atoms with Crippen LogP contribution in [0.15, 0.2) is 40.9 Å². The molecule has 1 aliphatic heterocycles. The summed E-state index contributed by atoms with van der Waals surface area (Å²) in [4.78, 5) is 2.43. The van der Waals surface area contributed by atoms with Crippen molar-refractivity contribution >= 4 is 27.5 Å². The molecule has 0 radical (unpaired) electrons. The van der Waals surface area contributed by atoms with Gasteiger partial charge >= 0.3 is 0 Å². The Bertz CT molecular complexity index is 704. The molecule has 0 aliphatic carbocycles. The Hall–Kier alpha value is -1.03. The van der Waals surface area contributed by atoms with Crippen molar-refractivity contribution in [1.29, 1.82) is 0 Å². The molecule has 3 rings (SSSR count). The van der Waals surface area contributed by atoms with Crippen molar-refractivity contribution in [2.24, 2.45) is 0 Å². The molecular weight excluding hydrogens is 398 g/mol. The fraction of sp³-hybridized carbons (Fsp3) is 0.429. The molecule has 2 aromatic rings. The first kappa shape index (κ1) is 20.3. The molecule has 0 spiro atoms. The number of nitrogens with zero attached hydrogens (tertiary/aromatic N) is 1. The second-order valence-electron chi connectivity index (χ2n) is 6.29. The van der Waals surface area contributed by atoms with Crippen LogP contribution in [0, 0.1) is 0 Å². The second kappa shape index (κ2) is 9.61. The lowest BCUT2D eigenvalue weighted by molar-refractivity contribution is 0.238. The fourth-order valence-electron chi connectivity index (χ4n) is 3.30. The Balaban J connectivity index is 0.00000109. The minimum Gasteiger partial charge on any atom is -0.506 e. The van der Waals surface area contributed by atoms with Crippen LogP contribution in [0.5, 0.6) is 5.75 Å². The Morgan fingerprint density at radius 3 is 2.64 bits per heavy atom. The molecular formula is C21H27BrClNO. The third-order valence-electron chi connectivity index (χ3n) is 4.79. The molecule has 0 fully saturated rings. The first-order chi connectivity index (χ1) is 12.0. The van der Waals surface area contributed by atoms with Crippen LogP contribution in [-0.2, 0) is 19.3 Å². The topological polar surface area (TPSA) is 23.5 Å². The Morgan fingerprint density at radius 2 is 1.92 bits per heavy atom. The highest BCUT2D eigenvalue weighted by Crippen LogP contribution is 2.31. The standard InChI is InChI=1S/C19H21BrClNO.C2H6/c1-22-9-8-14-11-18(21)19(23)12-15(14)10-16(22)7-6-13-4-2-3-5-17(13)20;1-2/h2-5,11-12,16,23H,6-10H2,1H3;1-2H3. The minimum atomic E-state index is 0.194. The lowest BCUT2D eigenvalue weighted by atomic mass is 9.96. The molecule has 0 bridgehead atoms. The van der Waals surface area contributed by atoms with Crippen molar-refractivity contribution in [1.82, 2.24) is 4.90 Å². The van der Waals surface area contributed by atoms with Gasteiger partial charge in [0, 0.05) is 17.1 Å². The van der Waals surface area contributed by atoms with E-state index in [-0.39, 0.29) is 5.75 Å². The quantitative estimate of drug-likeness (QED) is 0.666. The van der Waals surface area contributed by atoms with Gasteiger partial charge in [0.15, 0.2) is 0 Å². The lowest BCUT2D eigenvalue weighted by Crippen LogP contribution is -2.33. The predicted molar refractivity (Wildman–Crippen MR) is 111 cm³/mol. The Kier molecular flexibility index (Phi) is 7.80. The van der Waals surface area contributed by atoms with Crippen LogP contribution in [0.1, 0.15) is 37.0 Å². The number of halogens is 2. The van der Waals surface area contributed by atoms with E-state index in [1.807, 2.05) is 32.0 Å². The van der Waals surface area contributed by atoms with Gasteiger partial charge in [-0.25, -0.2) is 0 Å². The monoisotopic (exact) mass is 423 g/mol. The number of aromatic hydroxyl groups is 1. The summed E-state index contributed by atoms with van der Waals surface area (Å²) in [6.07, 6.45) is 4.09. The summed E-state index contributed by atoms with van der Waals surface area (Å²) in [5, 5.41) is 10.4. The van der Waals surface area contributed by atoms with E-state index in [0.717, 1.165) is 32.2 Å². The number of fused-ring (bicyclic) bond motifs is 1. The van der Waals surface area contributed by atoms with Gasteiger partial charge in [-0.05, 0) is 67.6 Å². The van der Waals surface area contributed by atoms with Crippen molar-refractivity contribution in [3.63, 3.8) is 0 Å². The van der Waals surface area contributed by atoms with Crippen molar-refractivity contribution in [2.75, 3.05) is 13.6 Å². The van der Waals surface area contributed by atoms with E-state index in [1.54, 1.807) is 0 Å². The zero-order chi connectivity index (χ0) is 18.4. The average molecular weight is 425 g/mol. The molecule has 0 saturated heterocycles. The van der Waals surface area contributed by atoms with Crippen LogP contribution in [0.25, 0.3) is 0 Å². The number of hydrogen-bond acceptors (Lipinski definition) is 2. The zero-order valence-corrected chi connectivity index (χ0v) is 17.6. The highest BCUT2D eigenvalue weighted by Gasteiger charge is 2.22. The van der Waals surface area contributed by atoms with Gasteiger partial charge in [-0.1, -0.05) is 59.6 Å². The van der Waals surface area contributed by atoms with E-state index in [2.05, 4.69) is 46.1 Å². The maximum absolute atomic E-state index is 9.91. The number of aryl methyl sites for hydroxylation is 1. The number of phenols is 1. The van der Waals surface area contributed by atoms with E-state index in [1.165, 1.54) is 21.2 Å². The van der Waals surface area contributed by atoms with Gasteiger partial charge in [-0.2, -0.15) is 0 Å². The van der Waals surface area contributed by atoms with E-state index in [4.69, 9.17) is 11.6 Å². The number of rotatable bonds is 3. The average Bonchev–Trinajstić information content (AvgIpc) is 2.76. The predicted octanol–water partition coefficient (Wildman–Crippen LogP) is 5.87. The third kappa shape index (κ3) is 5.22. The molecule has 4 heteroatoms. The van der Waals surface area contributed by atoms with Crippen LogP contribution in [0.4, 0.5) is 0 Å². The summed E-state index contributed by atoms with van der Waals surface area (Å²) < 4.78 is 1.18. The fourth-order valence-corrected chi connectivity index (χ4v) is 3.97. The largest absolute Gasteiger partial charge is 0.506 e. The molecule has 1 unspecified atom stereocenters. The smallest absolute Gasteiger partial charge is 0.134 e. The van der Waals surface area contributed by atoms with Gasteiger partial charge in [0.2, 0.25) is 0 Å². The molecule has 0 amide bonds. The van der Waals surface area contributed by atoms with Gasteiger partial charge in [-0.3, -0.25) is 0 Å². The molecule has 1 atom stereocenters. The van der Waals surface area contributed by atoms with Crippen LogP contribution in [0.2, 0.25) is 5.02 Å². The normalized spacial score (nSPS) is 17.2. The highest BCUT2D eigenvalue weighted by atomic mass is 79.9. The number of phenolic OH excluding ortho intramolecular Hbond substituents is 1. The SMILES string of the molecule is CC.CN1CCc2cc(Cl)c(O)cc2CC1CCc1ccccc1Br. The molecule has 1 N–H and O–H groups in total. The lowest BCUT2D eigenvalue weighted by Gasteiger charge is -2.26. The Labute approximate surface area is 164 Å². The van der Waals surface area contributed by atoms with Gasteiger partial charge < -0.3 is 10.0 Å². The van der Waals surface area contributed by atoms with Crippen LogP contribution >= 0.6 is 27.5 Å². The maximum atomic E-state index is 9.91. The molecule has 2 nitrogen and oxygen atoms in total. The van der Waals surface area contributed by atoms with E-state index >= 15 is 0 Å². The van der Waals surface area contributed by atoms with Gasteiger partial charge in [-0.15, -0.1) is 0 Å². The summed E-state index contributed by atoms with van der Waals surface area (Å²) in [7, 11) is 2.19. The maximum Gasteiger partial charge on any atom is 0.134 e. The molecule has 0 aromatic heterocycles. The van der Waals surface area contributed by atoms with E-state index in [0.29, 0.717) is 11.1 Å². The second-order valence-corrected chi connectivity index (χ2v) is 7.55. The van der Waals surface area contributed by atoms with Crippen molar-refractivity contribution in [3.8, 4) is 5.75 Å². The Morgan fingerprint density at radius 1 is 1.20 bits per heavy atom. The molecule has 2 aromatic carbocycles. The van der Waals surface area contributed by atoms with Gasteiger partial charge in [0.05, 0.1) is 5.02 Å². The number of likely N-dealkylation sites (N-methyl/N-ethyl adjacent to an activating group) is 1. The number of benzene rings is 2. The number of hydrogen-bond donors (Lipinski definition) is 1. The summed E-state index contributed by atoms with van der Waals surface area (Å²) >= 11 is 9.70. The van der Waals surface area contributed by atoms with Crippen molar-refractivity contribution in [2.45, 2.75) is 45.6 Å². The van der Waals surface area contributed by atoms with Crippen molar-refractivity contribution in [3.05, 3.63) is 62.6 Å². The van der Waals surface area contributed by atoms with Crippen molar-refractivity contribution < 1.29 is 5.11 Å². The summed E-state index contributed by atoms with van der Waals surface area (Å²) in [6.45, 7) is 5.02. The third-order valence-corrected chi connectivity index (χ3v) is 5.86. The van der Waals surface area contributed by atoms with Gasteiger partial charge in [0.25, 0.3) is 0 Å². The van der Waals surface area contributed by atoms with Crippen LogP contribution in [0.3, 0.4) is 0 Å². The molecule has 136 valence electrons. The minimum absolute atomic E-state index is 0.194. The zero-order valence-electron chi connectivity index (χ0n) is 15.2. The van der Waals surface area contributed by atoms with Gasteiger partial charge in [0.1, 0.15) is 5.75 Å². The molecule has 25 heavy (non-hydrogen) atoms.